The number of hydrogen-bond acceptors (Lipinski definition) is 5. The fourth-order valence-corrected chi connectivity index (χ4v) is 2.21. The molecule has 1 N–H and O–H groups in total. The normalized spacial score (nSPS) is 11.2. The van der Waals surface area contributed by atoms with Crippen molar-refractivity contribution in [2.75, 3.05) is 13.2 Å². The van der Waals surface area contributed by atoms with Crippen LogP contribution >= 0.6 is 0 Å². The summed E-state index contributed by atoms with van der Waals surface area (Å²) in [5.74, 6) is -0.130. The van der Waals surface area contributed by atoms with E-state index in [4.69, 9.17) is 9.47 Å². The SMILES string of the molecule is CCOc1ccc2c(C(=O)NCC(=O)OC(C)(C)C)ccnc2c1. The minimum Gasteiger partial charge on any atom is -0.494 e. The average molecular weight is 330 g/mol. The minimum absolute atomic E-state index is 0.184. The van der Waals surface area contributed by atoms with Crippen LogP contribution in [0.15, 0.2) is 30.5 Å². The Kier molecular flexibility index (Phi) is 5.39. The summed E-state index contributed by atoms with van der Waals surface area (Å²) in [6.07, 6.45) is 1.56. The van der Waals surface area contributed by atoms with Crippen LogP contribution in [0.25, 0.3) is 10.9 Å². The second-order valence-electron chi connectivity index (χ2n) is 6.24. The van der Waals surface area contributed by atoms with Crippen molar-refractivity contribution >= 4 is 22.8 Å². The number of amides is 1. The van der Waals surface area contributed by atoms with Crippen molar-refractivity contribution in [1.29, 1.82) is 0 Å². The zero-order valence-electron chi connectivity index (χ0n) is 14.4. The lowest BCUT2D eigenvalue weighted by atomic mass is 10.1. The molecular weight excluding hydrogens is 308 g/mol. The van der Waals surface area contributed by atoms with Gasteiger partial charge in [-0.2, -0.15) is 0 Å². The van der Waals surface area contributed by atoms with Crippen molar-refractivity contribution in [2.24, 2.45) is 0 Å². The monoisotopic (exact) mass is 330 g/mol. The summed E-state index contributed by atoms with van der Waals surface area (Å²) in [5, 5.41) is 3.28. The summed E-state index contributed by atoms with van der Waals surface area (Å²) >= 11 is 0. The number of rotatable bonds is 5. The van der Waals surface area contributed by atoms with Crippen molar-refractivity contribution in [2.45, 2.75) is 33.3 Å². The highest BCUT2D eigenvalue weighted by molar-refractivity contribution is 6.06. The van der Waals surface area contributed by atoms with E-state index in [-0.39, 0.29) is 12.5 Å². The number of nitrogens with one attached hydrogen (secondary N) is 1. The van der Waals surface area contributed by atoms with E-state index >= 15 is 0 Å². The van der Waals surface area contributed by atoms with E-state index < -0.39 is 11.6 Å². The van der Waals surface area contributed by atoms with E-state index in [0.29, 0.717) is 28.8 Å². The number of pyridine rings is 1. The molecule has 0 saturated carbocycles. The Bertz CT molecular complexity index is 750. The maximum atomic E-state index is 12.4. The van der Waals surface area contributed by atoms with Gasteiger partial charge in [0.2, 0.25) is 0 Å². The Morgan fingerprint density at radius 3 is 2.62 bits per heavy atom. The number of hydrogen-bond donors (Lipinski definition) is 1. The third-order valence-electron chi connectivity index (χ3n) is 3.08. The first-order chi connectivity index (χ1) is 11.3. The summed E-state index contributed by atoms with van der Waals surface area (Å²) in [6, 6.07) is 6.98. The smallest absolute Gasteiger partial charge is 0.325 e. The fraction of sp³-hybridized carbons (Fsp3) is 0.389. The van der Waals surface area contributed by atoms with Crippen molar-refractivity contribution in [3.63, 3.8) is 0 Å². The average Bonchev–Trinajstić information content (AvgIpc) is 2.50. The van der Waals surface area contributed by atoms with E-state index in [1.807, 2.05) is 6.92 Å². The molecule has 0 fully saturated rings. The van der Waals surface area contributed by atoms with E-state index in [9.17, 15) is 9.59 Å². The molecule has 0 bridgehead atoms. The van der Waals surface area contributed by atoms with Gasteiger partial charge >= 0.3 is 5.97 Å². The van der Waals surface area contributed by atoms with E-state index in [1.54, 1.807) is 51.2 Å². The third kappa shape index (κ3) is 4.68. The highest BCUT2D eigenvalue weighted by atomic mass is 16.6. The van der Waals surface area contributed by atoms with Gasteiger partial charge in [0.05, 0.1) is 17.7 Å². The van der Waals surface area contributed by atoms with Crippen LogP contribution in [-0.4, -0.2) is 35.6 Å². The molecule has 0 radical (unpaired) electrons. The van der Waals surface area contributed by atoms with Gasteiger partial charge < -0.3 is 14.8 Å². The number of carbonyl (C=O) groups is 2. The number of esters is 1. The van der Waals surface area contributed by atoms with Gasteiger partial charge in [-0.3, -0.25) is 14.6 Å². The number of aromatic nitrogens is 1. The van der Waals surface area contributed by atoms with Crippen LogP contribution in [0.5, 0.6) is 5.75 Å². The summed E-state index contributed by atoms with van der Waals surface area (Å²) in [7, 11) is 0. The molecule has 0 aliphatic rings. The second kappa shape index (κ2) is 7.29. The second-order valence-corrected chi connectivity index (χ2v) is 6.24. The molecule has 0 saturated heterocycles. The number of carbonyl (C=O) groups excluding carboxylic acids is 2. The Balaban J connectivity index is 2.13. The number of ether oxygens (including phenoxy) is 2. The van der Waals surface area contributed by atoms with Gasteiger partial charge in [0.15, 0.2) is 0 Å². The zero-order chi connectivity index (χ0) is 17.7. The van der Waals surface area contributed by atoms with Gasteiger partial charge in [-0.05, 0) is 45.9 Å². The van der Waals surface area contributed by atoms with Gasteiger partial charge in [-0.25, -0.2) is 0 Å². The summed E-state index contributed by atoms with van der Waals surface area (Å²) in [4.78, 5) is 28.3. The molecule has 128 valence electrons. The molecule has 1 amide bonds. The van der Waals surface area contributed by atoms with E-state index in [2.05, 4.69) is 10.3 Å². The predicted molar refractivity (Wildman–Crippen MR) is 91.1 cm³/mol. The van der Waals surface area contributed by atoms with Crippen LogP contribution in [-0.2, 0) is 9.53 Å². The highest BCUT2D eigenvalue weighted by Crippen LogP contribution is 2.22. The Morgan fingerprint density at radius 2 is 1.96 bits per heavy atom. The maximum Gasteiger partial charge on any atom is 0.325 e. The molecule has 1 heterocycles. The number of benzene rings is 1. The van der Waals surface area contributed by atoms with Crippen molar-refractivity contribution in [1.82, 2.24) is 10.3 Å². The molecule has 2 aromatic rings. The van der Waals surface area contributed by atoms with Crippen molar-refractivity contribution in [3.8, 4) is 5.75 Å². The van der Waals surface area contributed by atoms with Gasteiger partial charge in [-0.15, -0.1) is 0 Å². The first-order valence-corrected chi connectivity index (χ1v) is 7.82. The predicted octanol–water partition coefficient (Wildman–Crippen LogP) is 2.71. The summed E-state index contributed by atoms with van der Waals surface area (Å²) in [5.41, 5.74) is 0.526. The quantitative estimate of drug-likeness (QED) is 0.853. The molecule has 2 rings (SSSR count). The standard InChI is InChI=1S/C18H22N2O4/c1-5-23-12-6-7-13-14(8-9-19-15(13)10-12)17(22)20-11-16(21)24-18(2,3)4/h6-10H,5,11H2,1-4H3,(H,20,22). The summed E-state index contributed by atoms with van der Waals surface area (Å²) < 4.78 is 10.6. The Labute approximate surface area is 141 Å². The molecule has 1 aromatic carbocycles. The van der Waals surface area contributed by atoms with Crippen LogP contribution < -0.4 is 10.1 Å². The van der Waals surface area contributed by atoms with Crippen LogP contribution in [0.3, 0.4) is 0 Å². The first kappa shape index (κ1) is 17.7. The van der Waals surface area contributed by atoms with Gasteiger partial charge in [0.1, 0.15) is 17.9 Å². The topological polar surface area (TPSA) is 77.5 Å². The molecule has 0 atom stereocenters. The molecule has 6 nitrogen and oxygen atoms in total. The molecular formula is C18H22N2O4. The van der Waals surface area contributed by atoms with E-state index in [1.165, 1.54) is 0 Å². The third-order valence-corrected chi connectivity index (χ3v) is 3.08. The zero-order valence-corrected chi connectivity index (χ0v) is 14.4. The minimum atomic E-state index is -0.582. The largest absolute Gasteiger partial charge is 0.494 e. The molecule has 0 unspecified atom stereocenters. The van der Waals surface area contributed by atoms with Gasteiger partial charge in [0.25, 0.3) is 5.91 Å². The molecule has 6 heteroatoms. The van der Waals surface area contributed by atoms with Gasteiger partial charge in [-0.1, -0.05) is 0 Å². The lowest BCUT2D eigenvalue weighted by Crippen LogP contribution is -2.34. The number of nitrogens with zero attached hydrogens (tertiary/aromatic N) is 1. The molecule has 24 heavy (non-hydrogen) atoms. The fourth-order valence-electron chi connectivity index (χ4n) is 2.21. The van der Waals surface area contributed by atoms with Crippen LogP contribution in [0.2, 0.25) is 0 Å². The molecule has 0 spiro atoms. The number of fused-ring (bicyclic) bond motifs is 1. The van der Waals surface area contributed by atoms with Gasteiger partial charge in [0, 0.05) is 17.6 Å². The Morgan fingerprint density at radius 1 is 1.21 bits per heavy atom. The van der Waals surface area contributed by atoms with Crippen molar-refractivity contribution < 1.29 is 19.1 Å². The molecule has 0 aliphatic carbocycles. The Hall–Kier alpha value is -2.63. The molecule has 0 aliphatic heterocycles. The lowest BCUT2D eigenvalue weighted by molar-refractivity contribution is -0.153. The summed E-state index contributed by atoms with van der Waals surface area (Å²) in [6.45, 7) is 7.61. The van der Waals surface area contributed by atoms with Crippen LogP contribution in [0.1, 0.15) is 38.1 Å². The lowest BCUT2D eigenvalue weighted by Gasteiger charge is -2.19. The highest BCUT2D eigenvalue weighted by Gasteiger charge is 2.18. The van der Waals surface area contributed by atoms with Crippen molar-refractivity contribution in [3.05, 3.63) is 36.0 Å². The maximum absolute atomic E-state index is 12.4. The van der Waals surface area contributed by atoms with Crippen LogP contribution in [0.4, 0.5) is 0 Å². The molecule has 1 aromatic heterocycles. The van der Waals surface area contributed by atoms with E-state index in [0.717, 1.165) is 0 Å². The first-order valence-electron chi connectivity index (χ1n) is 7.82. The van der Waals surface area contributed by atoms with Crippen LogP contribution in [0, 0.1) is 0 Å².